The molecule has 0 spiro atoms. The molecule has 1 aliphatic carbocycles. The Morgan fingerprint density at radius 3 is 2.42 bits per heavy atom. The van der Waals surface area contributed by atoms with Crippen LogP contribution in [0.3, 0.4) is 0 Å². The lowest BCUT2D eigenvalue weighted by Crippen LogP contribution is -2.15. The fourth-order valence-corrected chi connectivity index (χ4v) is 6.15. The van der Waals surface area contributed by atoms with E-state index < -0.39 is 0 Å². The molecule has 222 valence electrons. The Bertz CT molecular complexity index is 2000. The molecular formula is C37H32ClN7. The SMILES string of the molecule is CC[C@@H](Nc1c(C#N)cnc2c(NC(c3cn(C4CC4)nn3)c3ccccc3-c3ccccc3)cc(Cl)cc12)c1ccccc1. The number of fused-ring (bicyclic) bond motifs is 1. The maximum atomic E-state index is 10.1. The molecule has 2 heterocycles. The molecule has 0 amide bonds. The van der Waals surface area contributed by atoms with Crippen LogP contribution in [0.4, 0.5) is 11.4 Å². The van der Waals surface area contributed by atoms with Crippen molar-refractivity contribution in [3.63, 3.8) is 0 Å². The molecule has 8 heteroatoms. The van der Waals surface area contributed by atoms with Crippen LogP contribution in [-0.2, 0) is 0 Å². The minimum Gasteiger partial charge on any atom is -0.377 e. The van der Waals surface area contributed by atoms with Crippen molar-refractivity contribution in [1.29, 1.82) is 5.26 Å². The maximum absolute atomic E-state index is 10.1. The Hall–Kier alpha value is -5.19. The van der Waals surface area contributed by atoms with Gasteiger partial charge in [-0.3, -0.25) is 4.98 Å². The van der Waals surface area contributed by atoms with E-state index in [1.54, 1.807) is 6.20 Å². The summed E-state index contributed by atoms with van der Waals surface area (Å²) in [5.74, 6) is 0. The standard InChI is InChI=1S/C37H32ClN7/c1-2-32(25-13-7-4-8-14-25)41-35-26(21-39)22-40-36-31(35)19-27(38)20-33(36)42-37(34-23-45(44-43-34)28-17-18-28)30-16-10-9-15-29(30)24-11-5-3-6-12-24/h3-16,19-20,22-23,28,32,37,42H,2,17-18H2,1H3,(H,40,41)/t32-,37?/m1/s1. The van der Waals surface area contributed by atoms with Gasteiger partial charge >= 0.3 is 0 Å². The van der Waals surface area contributed by atoms with Crippen LogP contribution in [0.1, 0.15) is 66.7 Å². The van der Waals surface area contributed by atoms with Crippen LogP contribution in [0.2, 0.25) is 5.02 Å². The van der Waals surface area contributed by atoms with Crippen molar-refractivity contribution >= 4 is 33.9 Å². The van der Waals surface area contributed by atoms with Gasteiger partial charge in [0.25, 0.3) is 0 Å². The third-order valence-corrected chi connectivity index (χ3v) is 8.60. The number of nitrogens with one attached hydrogen (secondary N) is 2. The molecule has 7 nitrogen and oxygen atoms in total. The third-order valence-electron chi connectivity index (χ3n) is 8.39. The molecular weight excluding hydrogens is 578 g/mol. The Kier molecular flexibility index (Phi) is 7.89. The highest BCUT2D eigenvalue weighted by molar-refractivity contribution is 6.32. The zero-order chi connectivity index (χ0) is 30.8. The minimum absolute atomic E-state index is 0.00208. The van der Waals surface area contributed by atoms with E-state index in [9.17, 15) is 5.26 Å². The van der Waals surface area contributed by atoms with Gasteiger partial charge in [0, 0.05) is 16.6 Å². The lowest BCUT2D eigenvalue weighted by Gasteiger charge is -2.24. The number of hydrogen-bond acceptors (Lipinski definition) is 6. The van der Waals surface area contributed by atoms with E-state index in [0.717, 1.165) is 58.3 Å². The fraction of sp³-hybridized carbons (Fsp3) is 0.189. The number of benzene rings is 4. The summed E-state index contributed by atoms with van der Waals surface area (Å²) in [6, 6.07) is 35.1. The van der Waals surface area contributed by atoms with Gasteiger partial charge in [-0.1, -0.05) is 109 Å². The molecule has 0 saturated heterocycles. The average molecular weight is 610 g/mol. The van der Waals surface area contributed by atoms with Gasteiger partial charge in [0.15, 0.2) is 0 Å². The second-order valence-corrected chi connectivity index (χ2v) is 11.8. The summed E-state index contributed by atoms with van der Waals surface area (Å²) in [4.78, 5) is 4.80. The Morgan fingerprint density at radius 1 is 0.956 bits per heavy atom. The van der Waals surface area contributed by atoms with Gasteiger partial charge in [0.1, 0.15) is 11.8 Å². The number of pyridine rings is 1. The molecule has 45 heavy (non-hydrogen) atoms. The predicted molar refractivity (Wildman–Crippen MR) is 180 cm³/mol. The monoisotopic (exact) mass is 609 g/mol. The van der Waals surface area contributed by atoms with E-state index in [-0.39, 0.29) is 12.1 Å². The summed E-state index contributed by atoms with van der Waals surface area (Å²) in [6.45, 7) is 2.13. The van der Waals surface area contributed by atoms with Crippen molar-refractivity contribution in [2.24, 2.45) is 0 Å². The topological polar surface area (TPSA) is 91.5 Å². The Balaban J connectivity index is 1.36. The predicted octanol–water partition coefficient (Wildman–Crippen LogP) is 9.12. The number of aromatic nitrogens is 4. The zero-order valence-corrected chi connectivity index (χ0v) is 25.6. The number of anilines is 2. The smallest absolute Gasteiger partial charge is 0.110 e. The van der Waals surface area contributed by atoms with E-state index in [0.29, 0.717) is 27.8 Å². The van der Waals surface area contributed by atoms with Gasteiger partial charge < -0.3 is 10.6 Å². The summed E-state index contributed by atoms with van der Waals surface area (Å²) in [6.07, 6.45) is 6.74. The van der Waals surface area contributed by atoms with E-state index in [1.807, 2.05) is 65.5 Å². The van der Waals surface area contributed by atoms with Crippen LogP contribution >= 0.6 is 11.6 Å². The van der Waals surface area contributed by atoms with Gasteiger partial charge in [-0.15, -0.1) is 5.10 Å². The lowest BCUT2D eigenvalue weighted by molar-refractivity contribution is 0.610. The molecule has 6 aromatic rings. The minimum atomic E-state index is -0.350. The first-order valence-electron chi connectivity index (χ1n) is 15.3. The normalized spacial score (nSPS) is 14.1. The highest BCUT2D eigenvalue weighted by Gasteiger charge is 2.28. The van der Waals surface area contributed by atoms with Crippen LogP contribution in [0, 0.1) is 11.3 Å². The largest absolute Gasteiger partial charge is 0.377 e. The second-order valence-electron chi connectivity index (χ2n) is 11.4. The molecule has 1 aliphatic rings. The summed E-state index contributed by atoms with van der Waals surface area (Å²) >= 11 is 6.82. The third kappa shape index (κ3) is 5.85. The highest BCUT2D eigenvalue weighted by atomic mass is 35.5. The van der Waals surface area contributed by atoms with Gasteiger partial charge in [-0.2, -0.15) is 5.26 Å². The Morgan fingerprint density at radius 2 is 1.69 bits per heavy atom. The molecule has 2 N–H and O–H groups in total. The van der Waals surface area contributed by atoms with Gasteiger partial charge in [0.2, 0.25) is 0 Å². The van der Waals surface area contributed by atoms with Crippen molar-refractivity contribution in [3.8, 4) is 17.2 Å². The molecule has 1 fully saturated rings. The van der Waals surface area contributed by atoms with E-state index in [1.165, 1.54) is 0 Å². The molecule has 2 atom stereocenters. The molecule has 4 aromatic carbocycles. The van der Waals surface area contributed by atoms with Crippen molar-refractivity contribution in [1.82, 2.24) is 20.0 Å². The van der Waals surface area contributed by atoms with Crippen molar-refractivity contribution in [2.75, 3.05) is 10.6 Å². The van der Waals surface area contributed by atoms with Gasteiger partial charge in [0.05, 0.1) is 46.8 Å². The molecule has 2 aromatic heterocycles. The van der Waals surface area contributed by atoms with Crippen LogP contribution in [0.15, 0.2) is 109 Å². The van der Waals surface area contributed by atoms with Crippen molar-refractivity contribution < 1.29 is 0 Å². The molecule has 7 rings (SSSR count). The number of nitriles is 1. The van der Waals surface area contributed by atoms with Crippen molar-refractivity contribution in [3.05, 3.63) is 137 Å². The molecule has 0 bridgehead atoms. The van der Waals surface area contributed by atoms with Crippen LogP contribution in [0.5, 0.6) is 0 Å². The maximum Gasteiger partial charge on any atom is 0.110 e. The van der Waals surface area contributed by atoms with E-state index in [4.69, 9.17) is 16.6 Å². The lowest BCUT2D eigenvalue weighted by atomic mass is 9.93. The number of nitrogens with zero attached hydrogens (tertiary/aromatic N) is 5. The molecule has 1 unspecified atom stereocenters. The molecule has 0 aliphatic heterocycles. The summed E-state index contributed by atoms with van der Waals surface area (Å²) < 4.78 is 1.97. The van der Waals surface area contributed by atoms with Gasteiger partial charge in [-0.25, -0.2) is 4.68 Å². The van der Waals surface area contributed by atoms with E-state index >= 15 is 0 Å². The zero-order valence-electron chi connectivity index (χ0n) is 24.9. The first kappa shape index (κ1) is 28.6. The van der Waals surface area contributed by atoms with Crippen molar-refractivity contribution in [2.45, 2.75) is 44.3 Å². The number of rotatable bonds is 10. The quantitative estimate of drug-likeness (QED) is 0.161. The molecule has 1 saturated carbocycles. The van der Waals surface area contributed by atoms with Crippen LogP contribution in [0.25, 0.3) is 22.0 Å². The van der Waals surface area contributed by atoms with E-state index in [2.05, 4.69) is 76.4 Å². The number of halogens is 1. The first-order valence-corrected chi connectivity index (χ1v) is 15.7. The fourth-order valence-electron chi connectivity index (χ4n) is 5.93. The highest BCUT2D eigenvalue weighted by Crippen LogP contribution is 2.40. The van der Waals surface area contributed by atoms with Crippen LogP contribution < -0.4 is 10.6 Å². The Labute approximate surface area is 267 Å². The summed E-state index contributed by atoms with van der Waals surface area (Å²) in [5.41, 5.74) is 7.84. The van der Waals surface area contributed by atoms with Crippen LogP contribution in [-0.4, -0.2) is 20.0 Å². The van der Waals surface area contributed by atoms with Gasteiger partial charge in [-0.05, 0) is 53.6 Å². The summed E-state index contributed by atoms with van der Waals surface area (Å²) in [5, 5.41) is 28.0. The summed E-state index contributed by atoms with van der Waals surface area (Å²) in [7, 11) is 0. The average Bonchev–Trinajstić information content (AvgIpc) is 3.83. The second kappa shape index (κ2) is 12.4. The molecule has 0 radical (unpaired) electrons. The number of hydrogen-bond donors (Lipinski definition) is 2. The first-order chi connectivity index (χ1) is 22.1.